The number of hydrogen-bond donors (Lipinski definition) is 1. The van der Waals surface area contributed by atoms with Crippen LogP contribution in [0, 0.1) is 0 Å². The minimum absolute atomic E-state index is 0.0556. The van der Waals surface area contributed by atoms with Crippen molar-refractivity contribution in [2.75, 3.05) is 6.61 Å². The van der Waals surface area contributed by atoms with Crippen molar-refractivity contribution in [2.45, 2.75) is 13.5 Å². The molecule has 0 atom stereocenters. The lowest BCUT2D eigenvalue weighted by Gasteiger charge is -2.07. The lowest BCUT2D eigenvalue weighted by molar-refractivity contribution is -0.138. The molecule has 0 aliphatic carbocycles. The molecular formula is C13H17N5O4. The van der Waals surface area contributed by atoms with Crippen LogP contribution in [0.1, 0.15) is 6.92 Å². The topological polar surface area (TPSA) is 114 Å². The summed E-state index contributed by atoms with van der Waals surface area (Å²) >= 11 is 0. The van der Waals surface area contributed by atoms with Gasteiger partial charge in [-0.25, -0.2) is 14.6 Å². The van der Waals surface area contributed by atoms with E-state index >= 15 is 0 Å². The molecule has 2 aromatic heterocycles. The summed E-state index contributed by atoms with van der Waals surface area (Å²) in [4.78, 5) is 39.4. The number of aryl methyl sites for hydroxylation is 1. The first-order valence-corrected chi connectivity index (χ1v) is 6.54. The number of nitrogens with two attached hydrogens (primary N) is 1. The zero-order chi connectivity index (χ0) is 16.4. The van der Waals surface area contributed by atoms with Crippen LogP contribution in [-0.2, 0) is 30.2 Å². The Bertz CT molecular complexity index is 867. The molecule has 0 aliphatic heterocycles. The van der Waals surface area contributed by atoms with Gasteiger partial charge in [0.25, 0.3) is 5.56 Å². The summed E-state index contributed by atoms with van der Waals surface area (Å²) in [5.41, 5.74) is 5.40. The molecule has 9 nitrogen and oxygen atoms in total. The average molecular weight is 307 g/mol. The number of hydrogen-bond acceptors (Lipinski definition) is 6. The number of rotatable bonds is 4. The van der Waals surface area contributed by atoms with Gasteiger partial charge in [-0.2, -0.15) is 0 Å². The van der Waals surface area contributed by atoms with Crippen molar-refractivity contribution in [3.8, 4) is 0 Å². The minimum atomic E-state index is -0.551. The number of carbonyl (C=O) groups excluding carboxylic acids is 1. The highest BCUT2D eigenvalue weighted by Gasteiger charge is 2.14. The zero-order valence-corrected chi connectivity index (χ0v) is 12.6. The van der Waals surface area contributed by atoms with Crippen LogP contribution in [0.25, 0.3) is 11.2 Å². The van der Waals surface area contributed by atoms with Gasteiger partial charge in [0, 0.05) is 25.9 Å². The molecule has 2 heterocycles. The highest BCUT2D eigenvalue weighted by molar-refractivity contribution is 5.82. The Morgan fingerprint density at radius 1 is 1.36 bits per heavy atom. The second-order valence-corrected chi connectivity index (χ2v) is 4.87. The van der Waals surface area contributed by atoms with Gasteiger partial charge in [0.15, 0.2) is 11.2 Å². The molecule has 0 saturated heterocycles. The first-order chi connectivity index (χ1) is 10.3. The van der Waals surface area contributed by atoms with E-state index in [2.05, 4.69) is 4.98 Å². The van der Waals surface area contributed by atoms with Gasteiger partial charge in [0.1, 0.15) is 6.61 Å². The van der Waals surface area contributed by atoms with Crippen LogP contribution >= 0.6 is 0 Å². The molecule has 0 fully saturated rings. The zero-order valence-electron chi connectivity index (χ0n) is 12.6. The summed E-state index contributed by atoms with van der Waals surface area (Å²) in [6.45, 7) is 1.88. The van der Waals surface area contributed by atoms with Gasteiger partial charge in [-0.1, -0.05) is 0 Å². The fraction of sp³-hybridized carbons (Fsp3) is 0.385. The summed E-state index contributed by atoms with van der Waals surface area (Å²) in [7, 11) is 2.94. The van der Waals surface area contributed by atoms with Crippen LogP contribution in [-0.4, -0.2) is 31.3 Å². The Morgan fingerprint density at radius 2 is 2.05 bits per heavy atom. The lowest BCUT2D eigenvalue weighted by atomic mass is 10.4. The van der Waals surface area contributed by atoms with Crippen molar-refractivity contribution >= 4 is 17.1 Å². The maximum absolute atomic E-state index is 12.2. The number of nitrogens with zero attached hydrogens (tertiary/aromatic N) is 4. The van der Waals surface area contributed by atoms with Gasteiger partial charge >= 0.3 is 11.7 Å². The van der Waals surface area contributed by atoms with E-state index in [4.69, 9.17) is 10.5 Å². The number of allylic oxidation sites excluding steroid dienone is 1. The molecule has 0 spiro atoms. The average Bonchev–Trinajstić information content (AvgIpc) is 2.86. The van der Waals surface area contributed by atoms with Gasteiger partial charge in [-0.05, 0) is 6.92 Å². The molecule has 0 saturated carbocycles. The SMILES string of the molecule is C/C(N)=C/C(=O)OCCn1cnc2c1c(=O)n(C)c(=O)n2C. The Kier molecular flexibility index (Phi) is 4.15. The van der Waals surface area contributed by atoms with Crippen molar-refractivity contribution in [3.05, 3.63) is 38.9 Å². The third-order valence-corrected chi connectivity index (χ3v) is 3.14. The van der Waals surface area contributed by atoms with Crippen LogP contribution < -0.4 is 17.0 Å². The number of fused-ring (bicyclic) bond motifs is 1. The van der Waals surface area contributed by atoms with E-state index in [0.29, 0.717) is 5.70 Å². The molecule has 0 radical (unpaired) electrons. The van der Waals surface area contributed by atoms with Crippen LogP contribution in [0.3, 0.4) is 0 Å². The van der Waals surface area contributed by atoms with E-state index in [9.17, 15) is 14.4 Å². The second kappa shape index (κ2) is 5.88. The number of ether oxygens (including phenoxy) is 1. The monoisotopic (exact) mass is 307 g/mol. The van der Waals surface area contributed by atoms with Crippen LogP contribution in [0.15, 0.2) is 27.7 Å². The molecule has 9 heteroatoms. The first kappa shape index (κ1) is 15.5. The summed E-state index contributed by atoms with van der Waals surface area (Å²) in [6.07, 6.45) is 2.61. The number of carbonyl (C=O) groups is 1. The normalized spacial score (nSPS) is 11.9. The van der Waals surface area contributed by atoms with Gasteiger partial charge < -0.3 is 15.0 Å². The second-order valence-electron chi connectivity index (χ2n) is 4.87. The smallest absolute Gasteiger partial charge is 0.332 e. The molecule has 2 N–H and O–H groups in total. The van der Waals surface area contributed by atoms with E-state index in [1.54, 1.807) is 11.5 Å². The molecule has 0 aromatic carbocycles. The molecule has 2 aromatic rings. The molecule has 0 amide bonds. The van der Waals surface area contributed by atoms with Crippen molar-refractivity contribution in [2.24, 2.45) is 19.8 Å². The lowest BCUT2D eigenvalue weighted by Crippen LogP contribution is -2.37. The van der Waals surface area contributed by atoms with Crippen LogP contribution in [0.4, 0.5) is 0 Å². The van der Waals surface area contributed by atoms with Crippen LogP contribution in [0.5, 0.6) is 0 Å². The van der Waals surface area contributed by atoms with Gasteiger partial charge in [0.2, 0.25) is 0 Å². The number of esters is 1. The fourth-order valence-corrected chi connectivity index (χ4v) is 2.04. The van der Waals surface area contributed by atoms with E-state index in [1.165, 1.54) is 31.1 Å². The van der Waals surface area contributed by atoms with Crippen molar-refractivity contribution < 1.29 is 9.53 Å². The highest BCUT2D eigenvalue weighted by atomic mass is 16.5. The van der Waals surface area contributed by atoms with Crippen molar-refractivity contribution in [1.82, 2.24) is 18.7 Å². The summed E-state index contributed by atoms with van der Waals surface area (Å²) in [5, 5.41) is 0. The van der Waals surface area contributed by atoms with Crippen molar-refractivity contribution in [3.63, 3.8) is 0 Å². The summed E-state index contributed by atoms with van der Waals surface area (Å²) in [5.74, 6) is -0.551. The van der Waals surface area contributed by atoms with E-state index < -0.39 is 17.2 Å². The molecular weight excluding hydrogens is 290 g/mol. The van der Waals surface area contributed by atoms with Gasteiger partial charge in [-0.15, -0.1) is 0 Å². The third-order valence-electron chi connectivity index (χ3n) is 3.14. The molecule has 22 heavy (non-hydrogen) atoms. The van der Waals surface area contributed by atoms with Gasteiger partial charge in [0.05, 0.1) is 12.9 Å². The highest BCUT2D eigenvalue weighted by Crippen LogP contribution is 2.05. The Labute approximate surface area is 125 Å². The largest absolute Gasteiger partial charge is 0.461 e. The molecule has 0 unspecified atom stereocenters. The molecule has 2 rings (SSSR count). The Morgan fingerprint density at radius 3 is 2.68 bits per heavy atom. The number of imidazole rings is 1. The van der Waals surface area contributed by atoms with Crippen molar-refractivity contribution in [1.29, 1.82) is 0 Å². The third kappa shape index (κ3) is 2.78. The predicted molar refractivity (Wildman–Crippen MR) is 79.1 cm³/mol. The van der Waals surface area contributed by atoms with Gasteiger partial charge in [-0.3, -0.25) is 13.9 Å². The standard InChI is InChI=1S/C13H17N5O4/c1-8(14)6-9(19)22-5-4-18-7-15-11-10(18)12(20)17(3)13(21)16(11)2/h6-7H,4-5,14H2,1-3H3/b8-6-. The maximum atomic E-state index is 12.2. The molecule has 0 bridgehead atoms. The van der Waals surface area contributed by atoms with E-state index in [-0.39, 0.29) is 24.3 Å². The molecule has 0 aliphatic rings. The summed E-state index contributed by atoms with van der Waals surface area (Å²) < 4.78 is 8.82. The minimum Gasteiger partial charge on any atom is -0.461 e. The predicted octanol–water partition coefficient (Wildman–Crippen LogP) is -1.16. The molecule has 118 valence electrons. The maximum Gasteiger partial charge on any atom is 0.332 e. The van der Waals surface area contributed by atoms with Crippen LogP contribution in [0.2, 0.25) is 0 Å². The first-order valence-electron chi connectivity index (χ1n) is 6.54. The summed E-state index contributed by atoms with van der Waals surface area (Å²) in [6, 6.07) is 0. The quantitative estimate of drug-likeness (QED) is 0.563. The number of aromatic nitrogens is 4. The van der Waals surface area contributed by atoms with E-state index in [0.717, 1.165) is 4.57 Å². The Balaban J connectivity index is 2.27. The van der Waals surface area contributed by atoms with E-state index in [1.807, 2.05) is 0 Å². The Hall–Kier alpha value is -2.84. The fourth-order valence-electron chi connectivity index (χ4n) is 2.04.